The fourth-order valence-electron chi connectivity index (χ4n) is 12.8. The summed E-state index contributed by atoms with van der Waals surface area (Å²) < 4.78 is 14.8. The number of hydrogen-bond acceptors (Lipinski definition) is 19. The fourth-order valence-corrected chi connectivity index (χ4v) is 15.5. The molecule has 4 aromatic rings. The van der Waals surface area contributed by atoms with Crippen LogP contribution in [0.2, 0.25) is 10.0 Å². The molecule has 588 valence electrons. The summed E-state index contributed by atoms with van der Waals surface area (Å²) in [6, 6.07) is -0.514. The van der Waals surface area contributed by atoms with Gasteiger partial charge < -0.3 is 101 Å². The van der Waals surface area contributed by atoms with Crippen molar-refractivity contribution in [3.63, 3.8) is 0 Å². The molecule has 1 saturated carbocycles. The topological polar surface area (TPSA) is 538 Å². The molecule has 1 aliphatic carbocycles. The maximum Gasteiger partial charge on any atom is 0.303 e. The number of nitrogens with two attached hydrogens (primary N) is 4. The standard InChI is InChI=1S/C70H94Cl2FN17O16S2/c1-36(74)27-56(93)90-26-6-10-42(90)33-81-50(28-37-13-16-43(91)17-14-37)65(102)88-54-35-108-107-34-53(61(75)98)87-64(101)49(20-22-58(96)97)84-67(104)52(30-40-32-80-46-18-15-41(73)31-44(40)46)85-63(100)48(19-21-57(94)95)82-55(92)23-25-78-62(99)47(12-5-24-79-70(76)77)83-66(103)51(29-39-9-4-11-45(71)59(39)72)86-69(106)60(89-68(54)105)38-7-2-3-8-38/h4,9,11,13-18,31-32,36,38,42,47-54,60,80-81,91H,2-3,5-8,10,12,19-30,33-35,74H2,1H3,(H2,75,98)(H,78,99)(H,82,92)(H,83,103)(H,84,104)(H,85,100)(H,86,106)(H,87,101)(H,88,102)(H,89,105)(H,94,95)(H,96,97)(H4,76,77,79)/t36-,42?,47+,48+,49+,50+,51+,52+,53+,54+,60+/m1/s1. The van der Waals surface area contributed by atoms with Crippen LogP contribution in [-0.2, 0) is 81.6 Å². The average molecular weight is 1580 g/mol. The molecule has 3 heterocycles. The summed E-state index contributed by atoms with van der Waals surface area (Å²) in [5.74, 6) is -15.1. The van der Waals surface area contributed by atoms with E-state index in [1.54, 1.807) is 36.1 Å². The maximum atomic E-state index is 15.3. The fraction of sp³-hybridized carbons (Fsp3) is 0.514. The van der Waals surface area contributed by atoms with E-state index in [-0.39, 0.29) is 107 Å². The van der Waals surface area contributed by atoms with Gasteiger partial charge in [-0.3, -0.25) is 67.3 Å². The zero-order valence-electron chi connectivity index (χ0n) is 59.3. The lowest BCUT2D eigenvalue weighted by atomic mass is 9.95. The van der Waals surface area contributed by atoms with Crippen LogP contribution < -0.4 is 76.1 Å². The second-order valence-corrected chi connectivity index (χ2v) is 30.2. The van der Waals surface area contributed by atoms with E-state index in [1.807, 2.05) is 0 Å². The highest BCUT2D eigenvalue weighted by molar-refractivity contribution is 8.76. The Morgan fingerprint density at radius 3 is 1.96 bits per heavy atom. The second kappa shape index (κ2) is 42.3. The molecule has 33 nitrogen and oxygen atoms in total. The Morgan fingerprint density at radius 1 is 0.704 bits per heavy atom. The van der Waals surface area contributed by atoms with E-state index in [9.17, 15) is 62.9 Å². The number of nitrogens with zero attached hydrogens (tertiary/aromatic N) is 2. The first-order chi connectivity index (χ1) is 51.4. The number of likely N-dealkylation sites (tertiary alicyclic amines) is 1. The summed E-state index contributed by atoms with van der Waals surface area (Å²) in [4.78, 5) is 192. The number of fused-ring (bicyclic) bond motifs is 1. The van der Waals surface area contributed by atoms with E-state index >= 15 is 19.2 Å². The molecule has 1 aromatic heterocycles. The zero-order valence-corrected chi connectivity index (χ0v) is 62.5. The molecule has 11 amide bonds. The van der Waals surface area contributed by atoms with Gasteiger partial charge in [0.2, 0.25) is 65.0 Å². The van der Waals surface area contributed by atoms with Gasteiger partial charge in [-0.25, -0.2) is 4.39 Å². The minimum Gasteiger partial charge on any atom is -0.508 e. The number of amides is 11. The summed E-state index contributed by atoms with van der Waals surface area (Å²) in [5, 5.41) is 57.1. The average Bonchev–Trinajstić information content (AvgIpc) is 1.62. The number of nitrogens with one attached hydrogen (secondary N) is 11. The number of aromatic nitrogens is 1. The largest absolute Gasteiger partial charge is 0.508 e. The lowest BCUT2D eigenvalue weighted by molar-refractivity contribution is -0.138. The Kier molecular flexibility index (Phi) is 33.6. The first-order valence-corrected chi connectivity index (χ1v) is 38.6. The van der Waals surface area contributed by atoms with Crippen molar-refractivity contribution in [1.29, 1.82) is 0 Å². The Bertz CT molecular complexity index is 3910. The number of aromatic amines is 1. The number of H-pyrrole nitrogens is 1. The maximum absolute atomic E-state index is 15.3. The molecule has 38 heteroatoms. The number of aromatic hydroxyl groups is 1. The number of phenolic OH excluding ortho intramolecular Hbond substituents is 1. The van der Waals surface area contributed by atoms with Gasteiger partial charge in [-0.2, -0.15) is 0 Å². The lowest BCUT2D eigenvalue weighted by Crippen LogP contribution is -2.61. The number of primary amides is 1. The number of carbonyl (C=O) groups is 13. The highest BCUT2D eigenvalue weighted by Crippen LogP contribution is 2.31. The number of guanidine groups is 1. The molecular formula is C70H94Cl2FN17O16S2. The number of aliphatic carboxylic acids is 2. The van der Waals surface area contributed by atoms with Crippen LogP contribution in [0.15, 0.2) is 71.9 Å². The Hall–Kier alpha value is -9.49. The van der Waals surface area contributed by atoms with Crippen molar-refractivity contribution < 1.29 is 82.0 Å². The number of benzene rings is 3. The van der Waals surface area contributed by atoms with E-state index in [0.29, 0.717) is 56.1 Å². The van der Waals surface area contributed by atoms with Crippen molar-refractivity contribution in [1.82, 2.24) is 63.1 Å². The van der Waals surface area contributed by atoms with Crippen LogP contribution in [0, 0.1) is 11.7 Å². The summed E-state index contributed by atoms with van der Waals surface area (Å²) in [5.41, 5.74) is 24.6. The first kappa shape index (κ1) is 85.8. The monoisotopic (exact) mass is 1580 g/mol. The minimum atomic E-state index is -1.80. The summed E-state index contributed by atoms with van der Waals surface area (Å²) in [6.07, 6.45) is 0.589. The number of halogens is 3. The number of carboxylic acids is 2. The molecule has 2 aliphatic heterocycles. The molecule has 0 radical (unpaired) electrons. The van der Waals surface area contributed by atoms with Crippen LogP contribution >= 0.6 is 44.8 Å². The van der Waals surface area contributed by atoms with Crippen LogP contribution in [0.25, 0.3) is 10.9 Å². The predicted octanol–water partition coefficient (Wildman–Crippen LogP) is 0.272. The van der Waals surface area contributed by atoms with E-state index in [2.05, 4.69) is 63.1 Å². The third-order valence-corrected chi connectivity index (χ3v) is 21.7. The Balaban J connectivity index is 1.29. The van der Waals surface area contributed by atoms with Gasteiger partial charge in [0, 0.05) is 105 Å². The van der Waals surface area contributed by atoms with Crippen molar-refractivity contribution in [2.24, 2.45) is 33.8 Å². The molecule has 0 bridgehead atoms. The number of phenols is 1. The van der Waals surface area contributed by atoms with Crippen molar-refractivity contribution in [2.45, 2.75) is 183 Å². The molecule has 3 fully saturated rings. The highest BCUT2D eigenvalue weighted by atomic mass is 35.5. The quantitative estimate of drug-likeness (QED) is 0.0183. The van der Waals surface area contributed by atoms with Crippen LogP contribution in [0.3, 0.4) is 0 Å². The molecule has 7 rings (SSSR count). The minimum absolute atomic E-state index is 0.0167. The molecular weight excluding hydrogens is 1490 g/mol. The van der Waals surface area contributed by atoms with Gasteiger partial charge in [0.05, 0.1) is 16.1 Å². The van der Waals surface area contributed by atoms with Gasteiger partial charge >= 0.3 is 11.9 Å². The number of carboxylic acid groups (broad SMARTS) is 2. The van der Waals surface area contributed by atoms with Gasteiger partial charge in [0.1, 0.15) is 59.9 Å². The van der Waals surface area contributed by atoms with Crippen LogP contribution in [-0.4, -0.2) is 212 Å². The SMILES string of the molecule is C[C@@H](N)CC(=O)N1CCCC1CN[C@@H](Cc1ccc(O)cc1)C(=O)N[C@H]1CSSC[C@@H](C(N)=O)NC(=O)[C@H](CCC(=O)O)NC(=O)[C@H](Cc2c[nH]c3ccc(F)cc23)NC(=O)[C@H](CCC(=O)O)NC(=O)CCNC(=O)[C@H](CCCN=C(N)N)NC(=O)[C@H](Cc2cccc(Cl)c2Cl)NC(=O)[C@H](C2CCCC2)NC1=O. The van der Waals surface area contributed by atoms with E-state index in [4.69, 9.17) is 46.1 Å². The highest BCUT2D eigenvalue weighted by Gasteiger charge is 2.40. The van der Waals surface area contributed by atoms with E-state index in [0.717, 1.165) is 33.7 Å². The van der Waals surface area contributed by atoms with E-state index in [1.165, 1.54) is 30.5 Å². The number of aliphatic imine (C=N–C) groups is 1. The number of hydrogen-bond donors (Lipinski definition) is 18. The first-order valence-electron chi connectivity index (χ1n) is 35.4. The van der Waals surface area contributed by atoms with Crippen molar-refractivity contribution in [3.05, 3.63) is 99.4 Å². The number of rotatable bonds is 25. The third-order valence-electron chi connectivity index (χ3n) is 18.5. The van der Waals surface area contributed by atoms with Gasteiger partial charge in [0.25, 0.3) is 0 Å². The van der Waals surface area contributed by atoms with Crippen LogP contribution in [0.4, 0.5) is 4.39 Å². The van der Waals surface area contributed by atoms with Crippen molar-refractivity contribution >= 4 is 139 Å². The molecule has 2 saturated heterocycles. The molecule has 0 spiro atoms. The lowest BCUT2D eigenvalue weighted by Gasteiger charge is -2.30. The normalized spacial score (nSPS) is 23.0. The van der Waals surface area contributed by atoms with Crippen molar-refractivity contribution in [2.75, 3.05) is 37.7 Å². The van der Waals surface area contributed by atoms with Crippen LogP contribution in [0.1, 0.15) is 114 Å². The molecule has 22 N–H and O–H groups in total. The zero-order chi connectivity index (χ0) is 78.7. The molecule has 3 aliphatic rings. The van der Waals surface area contributed by atoms with Gasteiger partial charge in [-0.1, -0.05) is 81.9 Å². The smallest absolute Gasteiger partial charge is 0.303 e. The summed E-state index contributed by atoms with van der Waals surface area (Å²) in [6.45, 7) is 1.76. The molecule has 1 unspecified atom stereocenters. The summed E-state index contributed by atoms with van der Waals surface area (Å²) in [7, 11) is 1.78. The van der Waals surface area contributed by atoms with Crippen molar-refractivity contribution in [3.8, 4) is 5.75 Å². The Labute approximate surface area is 639 Å². The third kappa shape index (κ3) is 27.0. The molecule has 11 atom stereocenters. The summed E-state index contributed by atoms with van der Waals surface area (Å²) >= 11 is 13.2. The van der Waals surface area contributed by atoms with Crippen LogP contribution in [0.5, 0.6) is 5.75 Å². The molecule has 3 aromatic carbocycles. The Morgan fingerprint density at radius 2 is 1.31 bits per heavy atom. The molecule has 108 heavy (non-hydrogen) atoms. The van der Waals surface area contributed by atoms with Gasteiger partial charge in [0.15, 0.2) is 5.96 Å². The van der Waals surface area contributed by atoms with E-state index < -0.39 is 188 Å². The van der Waals surface area contributed by atoms with Gasteiger partial charge in [-0.15, -0.1) is 0 Å². The second-order valence-electron chi connectivity index (χ2n) is 26.9. The predicted molar refractivity (Wildman–Crippen MR) is 402 cm³/mol. The number of carbonyl (C=O) groups excluding carboxylic acids is 11. The van der Waals surface area contributed by atoms with Gasteiger partial charge in [-0.05, 0) is 124 Å².